The number of benzene rings is 1. The van der Waals surface area contributed by atoms with E-state index in [4.69, 9.17) is 4.74 Å². The van der Waals surface area contributed by atoms with Crippen LogP contribution in [0.3, 0.4) is 0 Å². The van der Waals surface area contributed by atoms with Gasteiger partial charge < -0.3 is 9.64 Å². The molecule has 0 spiro atoms. The number of carbonyl (C=O) groups is 1. The number of aromatic nitrogens is 1. The molecule has 8 heteroatoms. The molecule has 2 saturated heterocycles. The van der Waals surface area contributed by atoms with Crippen LogP contribution in [-0.2, 0) is 10.0 Å². The van der Waals surface area contributed by atoms with Gasteiger partial charge in [0, 0.05) is 50.3 Å². The van der Waals surface area contributed by atoms with E-state index in [2.05, 4.69) is 4.98 Å². The smallest absolute Gasteiger partial charge is 0.253 e. The summed E-state index contributed by atoms with van der Waals surface area (Å²) in [5, 5.41) is 0. The van der Waals surface area contributed by atoms with Gasteiger partial charge in [-0.25, -0.2) is 8.42 Å². The minimum Gasteiger partial charge on any atom is -0.489 e. The summed E-state index contributed by atoms with van der Waals surface area (Å²) in [4.78, 5) is 19.2. The lowest BCUT2D eigenvalue weighted by Crippen LogP contribution is -2.41. The highest BCUT2D eigenvalue weighted by Gasteiger charge is 2.27. The van der Waals surface area contributed by atoms with Crippen LogP contribution in [0.15, 0.2) is 47.5 Å². The molecule has 0 unspecified atom stereocenters. The summed E-state index contributed by atoms with van der Waals surface area (Å²) in [6.45, 7) is 4.29. The normalized spacial score (nSPS) is 18.7. The number of likely N-dealkylation sites (tertiary alicyclic amines) is 1. The Balaban J connectivity index is 1.34. The predicted molar refractivity (Wildman–Crippen MR) is 118 cm³/mol. The van der Waals surface area contributed by atoms with Gasteiger partial charge in [0.05, 0.1) is 11.1 Å². The Morgan fingerprint density at radius 3 is 2.26 bits per heavy atom. The van der Waals surface area contributed by atoms with Crippen molar-refractivity contribution in [3.8, 4) is 5.75 Å². The van der Waals surface area contributed by atoms with Crippen molar-refractivity contribution < 1.29 is 17.9 Å². The summed E-state index contributed by atoms with van der Waals surface area (Å²) in [7, 11) is -3.48. The van der Waals surface area contributed by atoms with Crippen molar-refractivity contribution in [2.75, 3.05) is 26.2 Å². The monoisotopic (exact) mass is 443 g/mol. The Bertz CT molecular complexity index is 992. The molecule has 0 saturated carbocycles. The van der Waals surface area contributed by atoms with Gasteiger partial charge in [0.15, 0.2) is 0 Å². The first kappa shape index (κ1) is 21.8. The summed E-state index contributed by atoms with van der Waals surface area (Å²) in [6.07, 6.45) is 6.16. The lowest BCUT2D eigenvalue weighted by molar-refractivity contribution is 0.0595. The predicted octanol–water partition coefficient (Wildman–Crippen LogP) is 3.25. The fourth-order valence-corrected chi connectivity index (χ4v) is 5.62. The second-order valence-corrected chi connectivity index (χ2v) is 10.2. The Morgan fingerprint density at radius 2 is 1.65 bits per heavy atom. The number of amides is 1. The molecule has 166 valence electrons. The second kappa shape index (κ2) is 9.36. The fourth-order valence-electron chi connectivity index (χ4n) is 4.10. The second-order valence-electron chi connectivity index (χ2n) is 8.23. The van der Waals surface area contributed by atoms with E-state index in [-0.39, 0.29) is 16.9 Å². The third-order valence-electron chi connectivity index (χ3n) is 5.97. The fraction of sp³-hybridized carbons (Fsp3) is 0.478. The molecule has 0 atom stereocenters. The largest absolute Gasteiger partial charge is 0.489 e. The van der Waals surface area contributed by atoms with Crippen molar-refractivity contribution in [1.82, 2.24) is 14.2 Å². The van der Waals surface area contributed by atoms with Gasteiger partial charge in [-0.15, -0.1) is 0 Å². The maximum Gasteiger partial charge on any atom is 0.253 e. The van der Waals surface area contributed by atoms with E-state index >= 15 is 0 Å². The van der Waals surface area contributed by atoms with Crippen LogP contribution in [0.25, 0.3) is 0 Å². The lowest BCUT2D eigenvalue weighted by atomic mass is 10.1. The molecule has 2 aliphatic rings. The highest BCUT2D eigenvalue weighted by atomic mass is 32.2. The van der Waals surface area contributed by atoms with Crippen molar-refractivity contribution in [3.05, 3.63) is 53.9 Å². The van der Waals surface area contributed by atoms with Crippen LogP contribution < -0.4 is 4.74 Å². The number of pyridine rings is 1. The van der Waals surface area contributed by atoms with E-state index in [9.17, 15) is 13.2 Å². The average Bonchev–Trinajstić information content (AvgIpc) is 2.81. The quantitative estimate of drug-likeness (QED) is 0.709. The van der Waals surface area contributed by atoms with E-state index < -0.39 is 10.0 Å². The van der Waals surface area contributed by atoms with Crippen molar-refractivity contribution in [2.24, 2.45) is 0 Å². The molecule has 7 nitrogen and oxygen atoms in total. The van der Waals surface area contributed by atoms with Gasteiger partial charge in [-0.1, -0.05) is 6.42 Å². The SMILES string of the molecule is Cc1ccc(OC2CCN(C(=O)c3ccc(S(=O)(=O)N4CCCCC4)cc3)CC2)cn1. The first-order valence-electron chi connectivity index (χ1n) is 10.9. The van der Waals surface area contributed by atoms with Gasteiger partial charge >= 0.3 is 0 Å². The molecular formula is C23H29N3O4S. The summed E-state index contributed by atoms with van der Waals surface area (Å²) in [6, 6.07) is 10.2. The number of hydrogen-bond acceptors (Lipinski definition) is 5. The summed E-state index contributed by atoms with van der Waals surface area (Å²) in [5.41, 5.74) is 1.46. The van der Waals surface area contributed by atoms with Crippen LogP contribution >= 0.6 is 0 Å². The molecule has 4 rings (SSSR count). The average molecular weight is 444 g/mol. The Morgan fingerprint density at radius 1 is 0.968 bits per heavy atom. The topological polar surface area (TPSA) is 79.8 Å². The number of sulfonamides is 1. The van der Waals surface area contributed by atoms with E-state index in [0.29, 0.717) is 31.7 Å². The van der Waals surface area contributed by atoms with E-state index in [1.54, 1.807) is 39.7 Å². The number of rotatable bonds is 5. The molecule has 3 heterocycles. The number of nitrogens with zero attached hydrogens (tertiary/aromatic N) is 3. The molecule has 0 N–H and O–H groups in total. The van der Waals surface area contributed by atoms with Crippen molar-refractivity contribution in [2.45, 2.75) is 50.0 Å². The zero-order valence-electron chi connectivity index (χ0n) is 17.9. The molecule has 1 aromatic heterocycles. The molecule has 1 amide bonds. The molecular weight excluding hydrogens is 414 g/mol. The van der Waals surface area contributed by atoms with E-state index in [1.807, 2.05) is 19.1 Å². The van der Waals surface area contributed by atoms with Crippen LogP contribution in [0.5, 0.6) is 5.75 Å². The van der Waals surface area contributed by atoms with E-state index in [0.717, 1.165) is 43.5 Å². The van der Waals surface area contributed by atoms with Crippen molar-refractivity contribution in [1.29, 1.82) is 0 Å². The third-order valence-corrected chi connectivity index (χ3v) is 7.88. The summed E-state index contributed by atoms with van der Waals surface area (Å²) < 4.78 is 33.1. The van der Waals surface area contributed by atoms with E-state index in [1.165, 1.54) is 0 Å². The first-order valence-corrected chi connectivity index (χ1v) is 12.4. The maximum absolute atomic E-state index is 12.9. The van der Waals surface area contributed by atoms with Crippen LogP contribution in [-0.4, -0.2) is 60.8 Å². The Hall–Kier alpha value is -2.45. The molecule has 2 fully saturated rings. The number of aryl methyl sites for hydroxylation is 1. The zero-order chi connectivity index (χ0) is 21.8. The van der Waals surface area contributed by atoms with Crippen molar-refractivity contribution in [3.63, 3.8) is 0 Å². The van der Waals surface area contributed by atoms with Crippen LogP contribution in [0, 0.1) is 6.92 Å². The standard InChI is InChI=1S/C23H29N3O4S/c1-18-5-8-21(17-24-18)30-20-11-15-25(16-12-20)23(27)19-6-9-22(10-7-19)31(28,29)26-13-3-2-4-14-26/h5-10,17,20H,2-4,11-16H2,1H3. The van der Waals surface area contributed by atoms with Gasteiger partial charge in [0.1, 0.15) is 11.9 Å². The minimum atomic E-state index is -3.48. The number of piperidine rings is 2. The number of hydrogen-bond donors (Lipinski definition) is 0. The molecule has 31 heavy (non-hydrogen) atoms. The van der Waals surface area contributed by atoms with Gasteiger partial charge in [0.2, 0.25) is 10.0 Å². The zero-order valence-corrected chi connectivity index (χ0v) is 18.7. The third kappa shape index (κ3) is 5.07. The summed E-state index contributed by atoms with van der Waals surface area (Å²) in [5.74, 6) is 0.679. The summed E-state index contributed by atoms with van der Waals surface area (Å²) >= 11 is 0. The van der Waals surface area contributed by atoms with Crippen LogP contribution in [0.2, 0.25) is 0 Å². The van der Waals surface area contributed by atoms with Gasteiger partial charge in [-0.3, -0.25) is 9.78 Å². The van der Waals surface area contributed by atoms with Crippen molar-refractivity contribution >= 4 is 15.9 Å². The molecule has 1 aromatic carbocycles. The molecule has 0 radical (unpaired) electrons. The number of carbonyl (C=O) groups excluding carboxylic acids is 1. The van der Waals surface area contributed by atoms with Gasteiger partial charge in [-0.05, 0) is 56.2 Å². The molecule has 2 aromatic rings. The van der Waals surface area contributed by atoms with Gasteiger partial charge in [0.25, 0.3) is 5.91 Å². The Labute approximate surface area is 184 Å². The Kier molecular flexibility index (Phi) is 6.57. The minimum absolute atomic E-state index is 0.0608. The highest BCUT2D eigenvalue weighted by molar-refractivity contribution is 7.89. The molecule has 0 aliphatic carbocycles. The lowest BCUT2D eigenvalue weighted by Gasteiger charge is -2.32. The van der Waals surface area contributed by atoms with Crippen LogP contribution in [0.4, 0.5) is 0 Å². The highest BCUT2D eigenvalue weighted by Crippen LogP contribution is 2.23. The maximum atomic E-state index is 12.9. The molecule has 2 aliphatic heterocycles. The first-order chi connectivity index (χ1) is 14.9. The number of ether oxygens (including phenoxy) is 1. The molecule has 0 bridgehead atoms. The van der Waals surface area contributed by atoms with Gasteiger partial charge in [-0.2, -0.15) is 4.31 Å². The van der Waals surface area contributed by atoms with Crippen LogP contribution in [0.1, 0.15) is 48.2 Å².